The van der Waals surface area contributed by atoms with Crippen molar-refractivity contribution in [3.8, 4) is 0 Å². The van der Waals surface area contributed by atoms with Crippen molar-refractivity contribution in [1.29, 1.82) is 0 Å². The fraction of sp³-hybridized carbons (Fsp3) is 0.217. The molecule has 0 spiro atoms. The minimum absolute atomic E-state index is 0.0307. The van der Waals surface area contributed by atoms with Crippen molar-refractivity contribution in [2.75, 3.05) is 16.0 Å². The predicted octanol–water partition coefficient (Wildman–Crippen LogP) is 4.16. The zero-order chi connectivity index (χ0) is 24.5. The van der Waals surface area contributed by atoms with E-state index < -0.39 is 35.0 Å². The Kier molecular flexibility index (Phi) is 6.10. The van der Waals surface area contributed by atoms with Crippen LogP contribution in [0.4, 0.5) is 36.3 Å². The molecule has 0 radical (unpaired) electrons. The molecule has 0 fully saturated rings. The van der Waals surface area contributed by atoms with E-state index >= 15 is 0 Å². The number of aromatic nitrogens is 2. The second-order valence-corrected chi connectivity index (χ2v) is 7.72. The maximum Gasteiger partial charge on any atom is 0.416 e. The van der Waals surface area contributed by atoms with E-state index in [0.29, 0.717) is 5.69 Å². The number of hydrogen-bond acceptors (Lipinski definition) is 5. The van der Waals surface area contributed by atoms with Crippen LogP contribution in [0.1, 0.15) is 36.0 Å². The minimum Gasteiger partial charge on any atom is -0.326 e. The molecule has 0 saturated carbocycles. The first kappa shape index (κ1) is 23.0. The molecule has 0 saturated heterocycles. The van der Waals surface area contributed by atoms with Gasteiger partial charge in [-0.15, -0.1) is 0 Å². The molecule has 2 amide bonds. The van der Waals surface area contributed by atoms with Crippen LogP contribution in [0.3, 0.4) is 0 Å². The van der Waals surface area contributed by atoms with Gasteiger partial charge in [-0.3, -0.25) is 19.4 Å². The van der Waals surface area contributed by atoms with Gasteiger partial charge in [0.05, 0.1) is 17.0 Å². The summed E-state index contributed by atoms with van der Waals surface area (Å²) in [5, 5.41) is 7.76. The average molecular weight is 471 g/mol. The molecule has 4 N–H and O–H groups in total. The normalized spacial score (nSPS) is 15.3. The van der Waals surface area contributed by atoms with Gasteiger partial charge in [-0.2, -0.15) is 18.2 Å². The third-order valence-corrected chi connectivity index (χ3v) is 5.35. The number of halogens is 3. The van der Waals surface area contributed by atoms with E-state index in [2.05, 4.69) is 25.9 Å². The molecule has 1 atom stereocenters. The van der Waals surface area contributed by atoms with Crippen LogP contribution in [0.2, 0.25) is 0 Å². The van der Waals surface area contributed by atoms with Gasteiger partial charge in [0.2, 0.25) is 17.8 Å². The summed E-state index contributed by atoms with van der Waals surface area (Å²) < 4.78 is 38.9. The van der Waals surface area contributed by atoms with Gasteiger partial charge in [0.25, 0.3) is 5.56 Å². The van der Waals surface area contributed by atoms with Crippen LogP contribution in [-0.2, 0) is 22.2 Å². The van der Waals surface area contributed by atoms with Crippen molar-refractivity contribution in [3.05, 3.63) is 75.6 Å². The van der Waals surface area contributed by atoms with E-state index in [1.807, 2.05) is 19.1 Å². The number of aryl methyl sites for hydroxylation is 1. The minimum atomic E-state index is -4.54. The van der Waals surface area contributed by atoms with Crippen LogP contribution in [0, 0.1) is 0 Å². The first-order chi connectivity index (χ1) is 16.1. The number of aromatic amines is 1. The van der Waals surface area contributed by atoms with Crippen LogP contribution in [0.25, 0.3) is 0 Å². The first-order valence-electron chi connectivity index (χ1n) is 10.4. The number of H-pyrrole nitrogens is 1. The Bertz CT molecular complexity index is 1300. The van der Waals surface area contributed by atoms with Crippen LogP contribution in [0.5, 0.6) is 0 Å². The number of nitrogens with one attached hydrogen (secondary N) is 4. The number of nitrogens with zero attached hydrogens (tertiary/aromatic N) is 1. The van der Waals surface area contributed by atoms with Crippen molar-refractivity contribution >= 4 is 35.0 Å². The summed E-state index contributed by atoms with van der Waals surface area (Å²) in [6.45, 7) is 2.00. The molecule has 2 aromatic carbocycles. The highest BCUT2D eigenvalue weighted by Gasteiger charge is 2.35. The van der Waals surface area contributed by atoms with Gasteiger partial charge in [0.1, 0.15) is 5.82 Å². The maximum absolute atomic E-state index is 13.0. The van der Waals surface area contributed by atoms with Crippen LogP contribution < -0.4 is 21.5 Å². The highest BCUT2D eigenvalue weighted by molar-refractivity contribution is 6.04. The largest absolute Gasteiger partial charge is 0.416 e. The molecule has 4 rings (SSSR count). The molecule has 11 heteroatoms. The number of fused-ring (bicyclic) bond motifs is 1. The van der Waals surface area contributed by atoms with E-state index in [4.69, 9.17) is 0 Å². The van der Waals surface area contributed by atoms with E-state index in [0.717, 1.165) is 24.1 Å². The number of amides is 2. The monoisotopic (exact) mass is 471 g/mol. The van der Waals surface area contributed by atoms with Gasteiger partial charge < -0.3 is 16.0 Å². The van der Waals surface area contributed by atoms with E-state index in [1.54, 1.807) is 12.1 Å². The molecule has 0 bridgehead atoms. The van der Waals surface area contributed by atoms with Gasteiger partial charge in [-0.1, -0.05) is 25.1 Å². The quantitative estimate of drug-likeness (QED) is 0.446. The van der Waals surface area contributed by atoms with Crippen LogP contribution >= 0.6 is 0 Å². The number of anilines is 4. The third kappa shape index (κ3) is 4.92. The van der Waals surface area contributed by atoms with Crippen LogP contribution in [-0.4, -0.2) is 21.8 Å². The molecule has 8 nitrogen and oxygen atoms in total. The molecule has 176 valence electrons. The number of alkyl halides is 3. The Balaban J connectivity index is 1.60. The Morgan fingerprint density at radius 1 is 1.12 bits per heavy atom. The van der Waals surface area contributed by atoms with E-state index in [-0.39, 0.29) is 29.4 Å². The smallest absolute Gasteiger partial charge is 0.326 e. The molecule has 1 unspecified atom stereocenters. The summed E-state index contributed by atoms with van der Waals surface area (Å²) in [6, 6.07) is 11.5. The topological polar surface area (TPSA) is 116 Å². The van der Waals surface area contributed by atoms with Gasteiger partial charge in [-0.25, -0.2) is 0 Å². The van der Waals surface area contributed by atoms with Crippen molar-refractivity contribution in [1.82, 2.24) is 9.97 Å². The van der Waals surface area contributed by atoms with Gasteiger partial charge in [0.15, 0.2) is 0 Å². The van der Waals surface area contributed by atoms with Gasteiger partial charge in [0, 0.05) is 17.8 Å². The summed E-state index contributed by atoms with van der Waals surface area (Å²) >= 11 is 0. The highest BCUT2D eigenvalue weighted by Crippen LogP contribution is 2.32. The summed E-state index contributed by atoms with van der Waals surface area (Å²) in [6.07, 6.45) is -3.96. The van der Waals surface area contributed by atoms with Gasteiger partial charge in [-0.05, 0) is 42.3 Å². The average Bonchev–Trinajstić information content (AvgIpc) is 2.78. The summed E-state index contributed by atoms with van der Waals surface area (Å²) in [7, 11) is 0. The lowest BCUT2D eigenvalue weighted by Gasteiger charge is -2.23. The molecular weight excluding hydrogens is 451 g/mol. The van der Waals surface area contributed by atoms with Gasteiger partial charge >= 0.3 is 6.18 Å². The van der Waals surface area contributed by atoms with Crippen molar-refractivity contribution in [3.63, 3.8) is 0 Å². The van der Waals surface area contributed by atoms with E-state index in [9.17, 15) is 27.6 Å². The molecule has 34 heavy (non-hydrogen) atoms. The number of hydrogen-bond donors (Lipinski definition) is 4. The Morgan fingerprint density at radius 2 is 1.85 bits per heavy atom. The Morgan fingerprint density at radius 3 is 2.53 bits per heavy atom. The molecule has 0 aliphatic carbocycles. The molecule has 2 heterocycles. The molecule has 1 aromatic heterocycles. The SMILES string of the molecule is CCc1ccc(NC(=O)C2CC(=O)Nc3nc(Nc4cccc(C(F)(F)F)c4)[nH]c(=O)c32)cc1. The fourth-order valence-electron chi connectivity index (χ4n) is 3.62. The fourth-order valence-corrected chi connectivity index (χ4v) is 3.62. The number of benzene rings is 2. The Labute approximate surface area is 191 Å². The van der Waals surface area contributed by atoms with Crippen molar-refractivity contribution < 1.29 is 22.8 Å². The number of carbonyl (C=O) groups is 2. The molecule has 3 aromatic rings. The summed E-state index contributed by atoms with van der Waals surface area (Å²) in [5.74, 6) is -2.47. The molecule has 1 aliphatic heterocycles. The van der Waals surface area contributed by atoms with E-state index in [1.165, 1.54) is 12.1 Å². The van der Waals surface area contributed by atoms with Crippen molar-refractivity contribution in [2.45, 2.75) is 31.9 Å². The maximum atomic E-state index is 13.0. The number of carbonyl (C=O) groups excluding carboxylic acids is 2. The highest BCUT2D eigenvalue weighted by atomic mass is 19.4. The lowest BCUT2D eigenvalue weighted by atomic mass is 9.92. The summed E-state index contributed by atoms with van der Waals surface area (Å²) in [5.41, 5.74) is 0.0290. The second-order valence-electron chi connectivity index (χ2n) is 7.72. The molecule has 1 aliphatic rings. The standard InChI is InChI=1S/C23H20F3N5O3/c1-2-12-6-8-14(9-7-12)27-20(33)16-11-17(32)29-19-18(16)21(34)31-22(30-19)28-15-5-3-4-13(10-15)23(24,25)26/h3-10,16H,2,11H2,1H3,(H,27,33)(H3,28,29,30,31,32,34). The predicted molar refractivity (Wildman–Crippen MR) is 120 cm³/mol. The lowest BCUT2D eigenvalue weighted by Crippen LogP contribution is -2.36. The lowest BCUT2D eigenvalue weighted by molar-refractivity contribution is -0.137. The second kappa shape index (κ2) is 9.00. The summed E-state index contributed by atoms with van der Waals surface area (Å²) in [4.78, 5) is 44.5. The molecular formula is C23H20F3N5O3. The zero-order valence-corrected chi connectivity index (χ0v) is 17.9. The third-order valence-electron chi connectivity index (χ3n) is 5.35. The Hall–Kier alpha value is -4.15. The first-order valence-corrected chi connectivity index (χ1v) is 10.4. The number of rotatable bonds is 5. The van der Waals surface area contributed by atoms with Crippen molar-refractivity contribution in [2.24, 2.45) is 0 Å². The zero-order valence-electron chi connectivity index (χ0n) is 17.9. The van der Waals surface area contributed by atoms with Crippen LogP contribution in [0.15, 0.2) is 53.3 Å².